The zero-order valence-electron chi connectivity index (χ0n) is 16.7. The highest BCUT2D eigenvalue weighted by atomic mass is 16.2. The molecule has 0 unspecified atom stereocenters. The summed E-state index contributed by atoms with van der Waals surface area (Å²) in [4.78, 5) is 31.5. The van der Waals surface area contributed by atoms with E-state index in [0.29, 0.717) is 5.56 Å². The van der Waals surface area contributed by atoms with Crippen LogP contribution in [0.2, 0.25) is 0 Å². The number of aromatic nitrogens is 1. The summed E-state index contributed by atoms with van der Waals surface area (Å²) in [5, 5.41) is 3.72. The summed E-state index contributed by atoms with van der Waals surface area (Å²) in [6.07, 6.45) is 0.826. The molecule has 0 bridgehead atoms. The Balaban J connectivity index is 1.80. The summed E-state index contributed by atoms with van der Waals surface area (Å²) in [5.41, 5.74) is 5.03. The van der Waals surface area contributed by atoms with Crippen LogP contribution in [0.3, 0.4) is 0 Å². The average Bonchev–Trinajstić information content (AvgIpc) is 2.67. The Morgan fingerprint density at radius 1 is 1.07 bits per heavy atom. The second kappa shape index (κ2) is 8.21. The Bertz CT molecular complexity index is 1040. The monoisotopic (exact) mass is 375 g/mol. The van der Waals surface area contributed by atoms with Crippen LogP contribution in [-0.2, 0) is 11.2 Å². The van der Waals surface area contributed by atoms with E-state index in [0.717, 1.165) is 39.8 Å². The number of anilines is 1. The first kappa shape index (κ1) is 19.5. The van der Waals surface area contributed by atoms with Crippen molar-refractivity contribution in [2.24, 2.45) is 0 Å². The number of carbonyl (C=O) groups is 2. The Kier molecular flexibility index (Phi) is 5.73. The minimum absolute atomic E-state index is 0.0223. The van der Waals surface area contributed by atoms with Gasteiger partial charge in [0.05, 0.1) is 17.6 Å². The minimum atomic E-state index is -0.219. The predicted molar refractivity (Wildman–Crippen MR) is 113 cm³/mol. The standard InChI is InChI=1S/C23H25N3O2/c1-5-17-8-6-7-9-20(17)25-22(27)14-26(4)23(28)19-13-16(3)24-21-11-10-15(2)12-18(19)21/h6-13H,5,14H2,1-4H3,(H,25,27). The lowest BCUT2D eigenvalue weighted by molar-refractivity contribution is -0.116. The molecule has 1 heterocycles. The SMILES string of the molecule is CCc1ccccc1NC(=O)CN(C)C(=O)c1cc(C)nc2ccc(C)cc12. The van der Waals surface area contributed by atoms with E-state index in [-0.39, 0.29) is 18.4 Å². The maximum absolute atomic E-state index is 13.1. The molecule has 1 aromatic heterocycles. The maximum atomic E-state index is 13.1. The second-order valence-corrected chi connectivity index (χ2v) is 7.05. The van der Waals surface area contributed by atoms with Gasteiger partial charge in [-0.05, 0) is 50.1 Å². The van der Waals surface area contributed by atoms with E-state index in [1.807, 2.05) is 63.2 Å². The third-order valence-electron chi connectivity index (χ3n) is 4.72. The number of hydrogen-bond donors (Lipinski definition) is 1. The van der Waals surface area contributed by atoms with E-state index in [4.69, 9.17) is 0 Å². The van der Waals surface area contributed by atoms with Crippen molar-refractivity contribution >= 4 is 28.4 Å². The molecule has 0 aliphatic rings. The van der Waals surface area contributed by atoms with E-state index in [2.05, 4.69) is 10.3 Å². The first-order valence-corrected chi connectivity index (χ1v) is 9.40. The number of aryl methyl sites for hydroxylation is 3. The van der Waals surface area contributed by atoms with Gasteiger partial charge in [0.2, 0.25) is 5.91 Å². The van der Waals surface area contributed by atoms with Crippen molar-refractivity contribution in [2.75, 3.05) is 18.9 Å². The number of hydrogen-bond acceptors (Lipinski definition) is 3. The van der Waals surface area contributed by atoms with E-state index >= 15 is 0 Å². The molecule has 5 heteroatoms. The van der Waals surface area contributed by atoms with E-state index in [9.17, 15) is 9.59 Å². The second-order valence-electron chi connectivity index (χ2n) is 7.05. The largest absolute Gasteiger partial charge is 0.332 e. The molecule has 5 nitrogen and oxygen atoms in total. The van der Waals surface area contributed by atoms with Gasteiger partial charge < -0.3 is 10.2 Å². The molecule has 144 valence electrons. The first-order chi connectivity index (χ1) is 13.4. The lowest BCUT2D eigenvalue weighted by atomic mass is 10.0. The van der Waals surface area contributed by atoms with Gasteiger partial charge in [-0.1, -0.05) is 36.8 Å². The van der Waals surface area contributed by atoms with Crippen molar-refractivity contribution in [3.8, 4) is 0 Å². The zero-order chi connectivity index (χ0) is 20.3. The maximum Gasteiger partial charge on any atom is 0.254 e. The van der Waals surface area contributed by atoms with Gasteiger partial charge in [0.15, 0.2) is 0 Å². The molecule has 0 fully saturated rings. The van der Waals surface area contributed by atoms with Crippen molar-refractivity contribution in [2.45, 2.75) is 27.2 Å². The lowest BCUT2D eigenvalue weighted by Crippen LogP contribution is -2.35. The smallest absolute Gasteiger partial charge is 0.254 e. The van der Waals surface area contributed by atoms with E-state index in [1.54, 1.807) is 13.1 Å². The molecule has 3 rings (SSSR count). The van der Waals surface area contributed by atoms with Crippen LogP contribution in [0.4, 0.5) is 5.69 Å². The molecule has 0 saturated heterocycles. The normalized spacial score (nSPS) is 10.7. The molecular formula is C23H25N3O2. The van der Waals surface area contributed by atoms with Crippen molar-refractivity contribution in [3.63, 3.8) is 0 Å². The molecule has 0 atom stereocenters. The van der Waals surface area contributed by atoms with Gasteiger partial charge >= 0.3 is 0 Å². The molecule has 1 N–H and O–H groups in total. The van der Waals surface area contributed by atoms with Crippen LogP contribution in [0.25, 0.3) is 10.9 Å². The number of likely N-dealkylation sites (N-methyl/N-ethyl adjacent to an activating group) is 1. The van der Waals surface area contributed by atoms with Crippen LogP contribution >= 0.6 is 0 Å². The predicted octanol–water partition coefficient (Wildman–Crippen LogP) is 4.12. The number of nitrogens with one attached hydrogen (secondary N) is 1. The summed E-state index contributed by atoms with van der Waals surface area (Å²) < 4.78 is 0. The number of nitrogens with zero attached hydrogens (tertiary/aromatic N) is 2. The summed E-state index contributed by atoms with van der Waals surface area (Å²) in [6, 6.07) is 15.3. The van der Waals surface area contributed by atoms with Crippen molar-refractivity contribution in [1.82, 2.24) is 9.88 Å². The summed E-state index contributed by atoms with van der Waals surface area (Å²) in [6.45, 7) is 5.87. The van der Waals surface area contributed by atoms with E-state index in [1.165, 1.54) is 4.90 Å². The molecule has 0 saturated carbocycles. The number of amides is 2. The van der Waals surface area contributed by atoms with Crippen LogP contribution in [-0.4, -0.2) is 35.3 Å². The Labute approximate surface area is 165 Å². The fourth-order valence-electron chi connectivity index (χ4n) is 3.28. The van der Waals surface area contributed by atoms with Gasteiger partial charge in [-0.3, -0.25) is 14.6 Å². The minimum Gasteiger partial charge on any atom is -0.332 e. The number of para-hydroxylation sites is 1. The number of fused-ring (bicyclic) bond motifs is 1. The molecule has 2 amide bonds. The zero-order valence-corrected chi connectivity index (χ0v) is 16.7. The number of carbonyl (C=O) groups excluding carboxylic acids is 2. The van der Waals surface area contributed by atoms with E-state index < -0.39 is 0 Å². The van der Waals surface area contributed by atoms with Gasteiger partial charge in [0, 0.05) is 23.8 Å². The molecule has 2 aromatic carbocycles. The molecule has 3 aromatic rings. The third-order valence-corrected chi connectivity index (χ3v) is 4.72. The summed E-state index contributed by atoms with van der Waals surface area (Å²) in [5.74, 6) is -0.414. The molecule has 0 aliphatic heterocycles. The van der Waals surface area contributed by atoms with Crippen LogP contribution in [0.5, 0.6) is 0 Å². The van der Waals surface area contributed by atoms with Gasteiger partial charge in [-0.25, -0.2) is 0 Å². The molecule has 0 spiro atoms. The van der Waals surface area contributed by atoms with Crippen molar-refractivity contribution in [1.29, 1.82) is 0 Å². The third kappa shape index (κ3) is 4.19. The Hall–Kier alpha value is -3.21. The average molecular weight is 375 g/mol. The molecular weight excluding hydrogens is 350 g/mol. The van der Waals surface area contributed by atoms with Crippen LogP contribution < -0.4 is 5.32 Å². The Morgan fingerprint density at radius 2 is 1.82 bits per heavy atom. The van der Waals surface area contributed by atoms with Crippen LogP contribution in [0.1, 0.15) is 34.1 Å². The number of pyridine rings is 1. The molecule has 28 heavy (non-hydrogen) atoms. The summed E-state index contributed by atoms with van der Waals surface area (Å²) in [7, 11) is 1.64. The van der Waals surface area contributed by atoms with Crippen molar-refractivity contribution in [3.05, 3.63) is 70.9 Å². The van der Waals surface area contributed by atoms with Gasteiger partial charge in [0.25, 0.3) is 5.91 Å². The quantitative estimate of drug-likeness (QED) is 0.729. The van der Waals surface area contributed by atoms with Crippen LogP contribution in [0.15, 0.2) is 48.5 Å². The fourth-order valence-corrected chi connectivity index (χ4v) is 3.28. The highest BCUT2D eigenvalue weighted by Gasteiger charge is 2.19. The molecule has 0 aliphatic carbocycles. The number of rotatable bonds is 5. The van der Waals surface area contributed by atoms with Gasteiger partial charge in [-0.15, -0.1) is 0 Å². The number of benzene rings is 2. The van der Waals surface area contributed by atoms with Gasteiger partial charge in [0.1, 0.15) is 0 Å². The van der Waals surface area contributed by atoms with Gasteiger partial charge in [-0.2, -0.15) is 0 Å². The fraction of sp³-hybridized carbons (Fsp3) is 0.261. The highest BCUT2D eigenvalue weighted by Crippen LogP contribution is 2.21. The lowest BCUT2D eigenvalue weighted by Gasteiger charge is -2.19. The Morgan fingerprint density at radius 3 is 2.57 bits per heavy atom. The van der Waals surface area contributed by atoms with Crippen molar-refractivity contribution < 1.29 is 9.59 Å². The van der Waals surface area contributed by atoms with Crippen LogP contribution in [0, 0.1) is 13.8 Å². The summed E-state index contributed by atoms with van der Waals surface area (Å²) >= 11 is 0. The topological polar surface area (TPSA) is 62.3 Å². The molecule has 0 radical (unpaired) electrons. The first-order valence-electron chi connectivity index (χ1n) is 9.40. The highest BCUT2D eigenvalue weighted by molar-refractivity contribution is 6.07.